The van der Waals surface area contributed by atoms with Crippen LogP contribution in [0.4, 0.5) is 4.39 Å². The Morgan fingerprint density at radius 2 is 1.80 bits per heavy atom. The minimum absolute atomic E-state index is 0.224. The summed E-state index contributed by atoms with van der Waals surface area (Å²) in [6, 6.07) is 10.7. The topological polar surface area (TPSA) is 66.5 Å². The van der Waals surface area contributed by atoms with Gasteiger partial charge in [0, 0.05) is 29.7 Å². The summed E-state index contributed by atoms with van der Waals surface area (Å²) in [5.74, 6) is -0.737. The van der Waals surface area contributed by atoms with E-state index in [1.165, 1.54) is 16.4 Å². The highest BCUT2D eigenvalue weighted by Crippen LogP contribution is 2.35. The number of benzene rings is 2. The van der Waals surface area contributed by atoms with Crippen molar-refractivity contribution in [3.8, 4) is 0 Å². The lowest BCUT2D eigenvalue weighted by atomic mass is 10.2. The van der Waals surface area contributed by atoms with Crippen molar-refractivity contribution < 1.29 is 17.6 Å². The Morgan fingerprint density at radius 3 is 2.50 bits per heavy atom. The molecule has 1 amide bonds. The van der Waals surface area contributed by atoms with Gasteiger partial charge >= 0.3 is 0 Å². The van der Waals surface area contributed by atoms with Gasteiger partial charge in [-0.15, -0.1) is 11.3 Å². The SMILES string of the molecule is O=C(NCc1ccc(S(=O)(=O)N2CCCCC2)cc1)c1sc2cc(F)ccc2c1Cl. The number of thiophene rings is 1. The van der Waals surface area contributed by atoms with E-state index in [-0.39, 0.29) is 23.2 Å². The monoisotopic (exact) mass is 466 g/mol. The summed E-state index contributed by atoms with van der Waals surface area (Å²) >= 11 is 7.42. The third kappa shape index (κ3) is 4.23. The summed E-state index contributed by atoms with van der Waals surface area (Å²) in [6.45, 7) is 1.34. The summed E-state index contributed by atoms with van der Waals surface area (Å²) in [5, 5.41) is 3.73. The minimum Gasteiger partial charge on any atom is -0.347 e. The second-order valence-electron chi connectivity index (χ2n) is 7.18. The number of halogens is 2. The van der Waals surface area contributed by atoms with E-state index in [9.17, 15) is 17.6 Å². The van der Waals surface area contributed by atoms with Crippen molar-refractivity contribution in [2.24, 2.45) is 0 Å². The molecule has 1 aliphatic heterocycles. The predicted octanol–water partition coefficient (Wildman–Crippen LogP) is 4.80. The highest BCUT2D eigenvalue weighted by Gasteiger charge is 2.25. The number of carbonyl (C=O) groups excluding carboxylic acids is 1. The van der Waals surface area contributed by atoms with E-state index in [1.807, 2.05) is 0 Å². The third-order valence-electron chi connectivity index (χ3n) is 5.13. The standard InChI is InChI=1S/C21H20ClFN2O3S2/c22-19-17-9-6-15(23)12-18(17)29-20(19)21(26)24-13-14-4-7-16(8-5-14)30(27,28)25-10-2-1-3-11-25/h4-9,12H,1-3,10-11,13H2,(H,24,26). The van der Waals surface area contributed by atoms with Crippen LogP contribution in [0.15, 0.2) is 47.4 Å². The summed E-state index contributed by atoms with van der Waals surface area (Å²) < 4.78 is 41.0. The fourth-order valence-electron chi connectivity index (χ4n) is 3.48. The molecule has 0 saturated carbocycles. The van der Waals surface area contributed by atoms with E-state index in [0.717, 1.165) is 36.2 Å². The van der Waals surface area contributed by atoms with Crippen molar-refractivity contribution in [3.63, 3.8) is 0 Å². The molecule has 158 valence electrons. The first-order valence-electron chi connectivity index (χ1n) is 9.61. The van der Waals surface area contributed by atoms with Crippen molar-refractivity contribution in [3.05, 3.63) is 63.7 Å². The van der Waals surface area contributed by atoms with E-state index >= 15 is 0 Å². The number of piperidine rings is 1. The number of hydrogen-bond acceptors (Lipinski definition) is 4. The molecule has 1 aromatic heterocycles. The van der Waals surface area contributed by atoms with Crippen LogP contribution in [0.5, 0.6) is 0 Å². The molecule has 3 aromatic rings. The van der Waals surface area contributed by atoms with Crippen molar-refractivity contribution in [2.45, 2.75) is 30.7 Å². The average Bonchev–Trinajstić information content (AvgIpc) is 3.08. The molecule has 2 aromatic carbocycles. The molecule has 1 N–H and O–H groups in total. The van der Waals surface area contributed by atoms with Gasteiger partial charge in [0.05, 0.1) is 9.92 Å². The maximum atomic E-state index is 13.4. The van der Waals surface area contributed by atoms with Crippen LogP contribution >= 0.6 is 22.9 Å². The van der Waals surface area contributed by atoms with Gasteiger partial charge < -0.3 is 5.32 Å². The van der Waals surface area contributed by atoms with Crippen molar-refractivity contribution >= 4 is 49.0 Å². The number of amides is 1. The second kappa shape index (κ2) is 8.63. The highest BCUT2D eigenvalue weighted by atomic mass is 35.5. The van der Waals surface area contributed by atoms with Gasteiger partial charge in [0.1, 0.15) is 10.7 Å². The Balaban J connectivity index is 1.44. The average molecular weight is 467 g/mol. The number of rotatable bonds is 5. The number of fused-ring (bicyclic) bond motifs is 1. The van der Waals surface area contributed by atoms with E-state index in [0.29, 0.717) is 33.1 Å². The van der Waals surface area contributed by atoms with Crippen LogP contribution in [-0.2, 0) is 16.6 Å². The maximum absolute atomic E-state index is 13.4. The minimum atomic E-state index is -3.48. The molecule has 1 fully saturated rings. The van der Waals surface area contributed by atoms with Crippen LogP contribution in [0.2, 0.25) is 5.02 Å². The molecule has 30 heavy (non-hydrogen) atoms. The lowest BCUT2D eigenvalue weighted by Gasteiger charge is -2.25. The van der Waals surface area contributed by atoms with Gasteiger partial charge in [-0.3, -0.25) is 4.79 Å². The highest BCUT2D eigenvalue weighted by molar-refractivity contribution is 7.89. The first kappa shape index (κ1) is 21.2. The molecular formula is C21H20ClFN2O3S2. The van der Waals surface area contributed by atoms with Gasteiger partial charge in [-0.25, -0.2) is 12.8 Å². The lowest BCUT2D eigenvalue weighted by Crippen LogP contribution is -2.35. The van der Waals surface area contributed by atoms with Crippen LogP contribution < -0.4 is 5.32 Å². The van der Waals surface area contributed by atoms with Crippen molar-refractivity contribution in [1.29, 1.82) is 0 Å². The Kier molecular flexibility index (Phi) is 6.11. The molecule has 0 atom stereocenters. The largest absolute Gasteiger partial charge is 0.347 e. The molecule has 0 aliphatic carbocycles. The molecule has 5 nitrogen and oxygen atoms in total. The van der Waals surface area contributed by atoms with Crippen molar-refractivity contribution in [2.75, 3.05) is 13.1 Å². The van der Waals surface area contributed by atoms with Gasteiger partial charge in [-0.2, -0.15) is 4.31 Å². The van der Waals surface area contributed by atoms with Crippen molar-refractivity contribution in [1.82, 2.24) is 9.62 Å². The number of carbonyl (C=O) groups is 1. The number of nitrogens with zero attached hydrogens (tertiary/aromatic N) is 1. The molecule has 0 radical (unpaired) electrons. The summed E-state index contributed by atoms with van der Waals surface area (Å²) in [4.78, 5) is 13.1. The molecule has 0 spiro atoms. The number of sulfonamides is 1. The van der Waals surface area contributed by atoms with E-state index < -0.39 is 10.0 Å². The van der Waals surface area contributed by atoms with Crippen LogP contribution in [-0.4, -0.2) is 31.7 Å². The normalized spacial score (nSPS) is 15.4. The third-order valence-corrected chi connectivity index (χ3v) is 8.70. The van der Waals surface area contributed by atoms with E-state index in [4.69, 9.17) is 11.6 Å². The Morgan fingerprint density at radius 1 is 1.10 bits per heavy atom. The zero-order valence-corrected chi connectivity index (χ0v) is 18.4. The smallest absolute Gasteiger partial charge is 0.263 e. The van der Waals surface area contributed by atoms with E-state index in [2.05, 4.69) is 5.32 Å². The van der Waals surface area contributed by atoms with E-state index in [1.54, 1.807) is 30.3 Å². The fourth-order valence-corrected chi connectivity index (χ4v) is 6.46. The number of nitrogens with one attached hydrogen (secondary N) is 1. The molecule has 4 rings (SSSR count). The van der Waals surface area contributed by atoms with Crippen LogP contribution in [0, 0.1) is 5.82 Å². The van der Waals surface area contributed by atoms with Gasteiger partial charge in [0.25, 0.3) is 5.91 Å². The van der Waals surface area contributed by atoms with Gasteiger partial charge in [0.15, 0.2) is 0 Å². The molecular weight excluding hydrogens is 447 g/mol. The molecule has 2 heterocycles. The second-order valence-corrected chi connectivity index (χ2v) is 10.5. The lowest BCUT2D eigenvalue weighted by molar-refractivity contribution is 0.0955. The summed E-state index contributed by atoms with van der Waals surface area (Å²) in [5.41, 5.74) is 0.768. The molecule has 1 saturated heterocycles. The Bertz CT molecular complexity index is 1190. The van der Waals surface area contributed by atoms with Gasteiger partial charge in [0.2, 0.25) is 10.0 Å². The summed E-state index contributed by atoms with van der Waals surface area (Å²) in [6.07, 6.45) is 2.83. The Hall–Kier alpha value is -2.00. The first-order valence-corrected chi connectivity index (χ1v) is 12.2. The fraction of sp³-hybridized carbons (Fsp3) is 0.286. The first-order chi connectivity index (χ1) is 14.4. The number of hydrogen-bond donors (Lipinski definition) is 1. The predicted molar refractivity (Wildman–Crippen MR) is 117 cm³/mol. The molecule has 9 heteroatoms. The molecule has 0 bridgehead atoms. The van der Waals surface area contributed by atoms with Crippen LogP contribution in [0.1, 0.15) is 34.5 Å². The van der Waals surface area contributed by atoms with Crippen LogP contribution in [0.3, 0.4) is 0 Å². The Labute approximate surface area is 183 Å². The molecule has 0 unspecified atom stereocenters. The van der Waals surface area contributed by atoms with Gasteiger partial charge in [-0.05, 0) is 48.7 Å². The van der Waals surface area contributed by atoms with Gasteiger partial charge in [-0.1, -0.05) is 30.2 Å². The zero-order chi connectivity index (χ0) is 21.3. The van der Waals surface area contributed by atoms with Crippen LogP contribution in [0.25, 0.3) is 10.1 Å². The summed E-state index contributed by atoms with van der Waals surface area (Å²) in [7, 11) is -3.48. The molecule has 1 aliphatic rings. The maximum Gasteiger partial charge on any atom is 0.263 e. The quantitative estimate of drug-likeness (QED) is 0.587. The zero-order valence-electron chi connectivity index (χ0n) is 16.0.